The Morgan fingerprint density at radius 2 is 2.10 bits per heavy atom. The van der Waals surface area contributed by atoms with Crippen LogP contribution in [0, 0.1) is 13.8 Å². The van der Waals surface area contributed by atoms with Gasteiger partial charge in [-0.1, -0.05) is 17.7 Å². The quantitative estimate of drug-likeness (QED) is 0.630. The van der Waals surface area contributed by atoms with Crippen LogP contribution < -0.4 is 0 Å². The predicted molar refractivity (Wildman–Crippen MR) is 75.8 cm³/mol. The van der Waals surface area contributed by atoms with Gasteiger partial charge in [-0.3, -0.25) is 0 Å². The van der Waals surface area contributed by atoms with E-state index in [1.54, 1.807) is 19.1 Å². The molecule has 1 aromatic rings. The van der Waals surface area contributed by atoms with Gasteiger partial charge in [0.25, 0.3) is 0 Å². The summed E-state index contributed by atoms with van der Waals surface area (Å²) in [7, 11) is -3.52. The molecule has 1 unspecified atom stereocenters. The summed E-state index contributed by atoms with van der Waals surface area (Å²) in [5.74, 6) is 0. The molecule has 0 spiro atoms. The molecule has 6 heteroatoms. The summed E-state index contributed by atoms with van der Waals surface area (Å²) in [6.07, 6.45) is 2.96. The summed E-state index contributed by atoms with van der Waals surface area (Å²) in [6.45, 7) is 4.45. The van der Waals surface area contributed by atoms with Gasteiger partial charge in [-0.25, -0.2) is 18.2 Å². The van der Waals surface area contributed by atoms with E-state index in [4.69, 9.17) is 0 Å². The van der Waals surface area contributed by atoms with Gasteiger partial charge in [0.1, 0.15) is 0 Å². The molecular formula is C14H18N2O3S. The van der Waals surface area contributed by atoms with Crippen LogP contribution in [-0.2, 0) is 14.8 Å². The zero-order valence-corrected chi connectivity index (χ0v) is 12.5. The van der Waals surface area contributed by atoms with Crippen molar-refractivity contribution in [2.75, 3.05) is 13.1 Å². The number of sulfonamides is 1. The molecule has 1 aromatic carbocycles. The second-order valence-corrected chi connectivity index (χ2v) is 7.05. The van der Waals surface area contributed by atoms with Gasteiger partial charge in [-0.05, 0) is 38.3 Å². The molecule has 0 amide bonds. The number of aliphatic imine (C=N–C) groups is 1. The van der Waals surface area contributed by atoms with Crippen molar-refractivity contribution in [3.05, 3.63) is 29.3 Å². The summed E-state index contributed by atoms with van der Waals surface area (Å²) in [5.41, 5.74) is 1.77. The van der Waals surface area contributed by atoms with Crippen molar-refractivity contribution in [3.63, 3.8) is 0 Å². The van der Waals surface area contributed by atoms with Crippen LogP contribution in [0.3, 0.4) is 0 Å². The number of rotatable bonds is 3. The van der Waals surface area contributed by atoms with E-state index in [0.29, 0.717) is 17.9 Å². The van der Waals surface area contributed by atoms with E-state index in [2.05, 4.69) is 4.99 Å². The van der Waals surface area contributed by atoms with E-state index in [9.17, 15) is 13.2 Å². The van der Waals surface area contributed by atoms with Gasteiger partial charge in [0, 0.05) is 13.1 Å². The second-order valence-electron chi connectivity index (χ2n) is 5.15. The fourth-order valence-corrected chi connectivity index (χ4v) is 4.27. The average Bonchev–Trinajstić information content (AvgIpc) is 2.39. The van der Waals surface area contributed by atoms with Crippen LogP contribution in [-0.4, -0.2) is 37.9 Å². The van der Waals surface area contributed by atoms with Crippen LogP contribution in [0.15, 0.2) is 28.1 Å². The van der Waals surface area contributed by atoms with Crippen molar-refractivity contribution in [1.29, 1.82) is 0 Å². The first-order valence-electron chi connectivity index (χ1n) is 6.59. The van der Waals surface area contributed by atoms with Gasteiger partial charge in [0.2, 0.25) is 16.1 Å². The molecule has 2 rings (SSSR count). The highest BCUT2D eigenvalue weighted by Crippen LogP contribution is 2.24. The summed E-state index contributed by atoms with van der Waals surface area (Å²) in [4.78, 5) is 14.3. The number of isocyanates is 1. The van der Waals surface area contributed by atoms with Crippen molar-refractivity contribution in [3.8, 4) is 0 Å². The molecule has 1 saturated heterocycles. The lowest BCUT2D eigenvalue weighted by Crippen LogP contribution is -2.41. The normalized spacial score (nSPS) is 20.4. The first-order valence-corrected chi connectivity index (χ1v) is 8.03. The molecule has 1 aliphatic rings. The number of hydrogen-bond donors (Lipinski definition) is 0. The van der Waals surface area contributed by atoms with Crippen LogP contribution in [0.5, 0.6) is 0 Å². The highest BCUT2D eigenvalue weighted by atomic mass is 32.2. The Morgan fingerprint density at radius 3 is 2.75 bits per heavy atom. The van der Waals surface area contributed by atoms with E-state index in [1.807, 2.05) is 13.0 Å². The first kappa shape index (κ1) is 14.9. The zero-order valence-electron chi connectivity index (χ0n) is 11.7. The van der Waals surface area contributed by atoms with E-state index in [0.717, 1.165) is 17.5 Å². The van der Waals surface area contributed by atoms with Crippen molar-refractivity contribution in [1.82, 2.24) is 4.31 Å². The van der Waals surface area contributed by atoms with Crippen molar-refractivity contribution >= 4 is 16.1 Å². The minimum absolute atomic E-state index is 0.255. The highest BCUT2D eigenvalue weighted by Gasteiger charge is 2.31. The maximum Gasteiger partial charge on any atom is 0.243 e. The smallest absolute Gasteiger partial charge is 0.211 e. The Labute approximate surface area is 119 Å². The van der Waals surface area contributed by atoms with Gasteiger partial charge >= 0.3 is 0 Å². The fraction of sp³-hybridized carbons (Fsp3) is 0.500. The number of benzene rings is 1. The largest absolute Gasteiger partial charge is 0.243 e. The zero-order chi connectivity index (χ0) is 14.8. The number of hydrogen-bond acceptors (Lipinski definition) is 4. The Kier molecular flexibility index (Phi) is 4.38. The van der Waals surface area contributed by atoms with Gasteiger partial charge in [-0.2, -0.15) is 4.31 Å². The molecule has 20 heavy (non-hydrogen) atoms. The van der Waals surface area contributed by atoms with Crippen LogP contribution in [0.4, 0.5) is 0 Å². The van der Waals surface area contributed by atoms with Gasteiger partial charge in [-0.15, -0.1) is 0 Å². The third-order valence-electron chi connectivity index (χ3n) is 3.54. The lowest BCUT2D eigenvalue weighted by atomic mass is 10.1. The molecule has 1 aliphatic heterocycles. The Balaban J connectivity index is 2.32. The van der Waals surface area contributed by atoms with Gasteiger partial charge in [0.15, 0.2) is 0 Å². The molecule has 0 bridgehead atoms. The topological polar surface area (TPSA) is 66.8 Å². The molecule has 0 N–H and O–H groups in total. The van der Waals surface area contributed by atoms with Crippen LogP contribution >= 0.6 is 0 Å². The highest BCUT2D eigenvalue weighted by molar-refractivity contribution is 7.89. The summed E-state index contributed by atoms with van der Waals surface area (Å²) < 4.78 is 26.7. The maximum absolute atomic E-state index is 12.7. The van der Waals surface area contributed by atoms with Crippen molar-refractivity contribution < 1.29 is 13.2 Å². The lowest BCUT2D eigenvalue weighted by Gasteiger charge is -2.29. The van der Waals surface area contributed by atoms with E-state index in [1.165, 1.54) is 10.4 Å². The third kappa shape index (κ3) is 2.98. The minimum Gasteiger partial charge on any atom is -0.211 e. The molecule has 0 aliphatic carbocycles. The van der Waals surface area contributed by atoms with E-state index >= 15 is 0 Å². The Morgan fingerprint density at radius 1 is 1.35 bits per heavy atom. The standard InChI is InChI=1S/C14H18N2O3S/c1-11-5-6-14(12(2)8-11)20(18,19)16-7-3-4-13(9-16)15-10-17/h5-6,8,13H,3-4,7,9H2,1-2H3. The number of piperidine rings is 1. The van der Waals surface area contributed by atoms with Crippen LogP contribution in [0.2, 0.25) is 0 Å². The predicted octanol–water partition coefficient (Wildman–Crippen LogP) is 1.79. The summed E-state index contributed by atoms with van der Waals surface area (Å²) in [5, 5.41) is 0. The molecule has 0 aromatic heterocycles. The molecule has 108 valence electrons. The Hall–Kier alpha value is -1.49. The third-order valence-corrected chi connectivity index (χ3v) is 5.57. The maximum atomic E-state index is 12.7. The summed E-state index contributed by atoms with van der Waals surface area (Å²) >= 11 is 0. The molecule has 0 radical (unpaired) electrons. The second kappa shape index (κ2) is 5.87. The SMILES string of the molecule is Cc1ccc(S(=O)(=O)N2CCCC(N=C=O)C2)c(C)c1. The number of carbonyl (C=O) groups excluding carboxylic acids is 1. The van der Waals surface area contributed by atoms with Crippen molar-refractivity contribution in [2.45, 2.75) is 37.6 Å². The average molecular weight is 294 g/mol. The monoisotopic (exact) mass is 294 g/mol. The number of nitrogens with zero attached hydrogens (tertiary/aromatic N) is 2. The van der Waals surface area contributed by atoms with Crippen molar-refractivity contribution in [2.24, 2.45) is 4.99 Å². The number of aryl methyl sites for hydroxylation is 2. The molecule has 1 fully saturated rings. The molecule has 0 saturated carbocycles. The van der Waals surface area contributed by atoms with Gasteiger partial charge < -0.3 is 0 Å². The van der Waals surface area contributed by atoms with E-state index in [-0.39, 0.29) is 12.6 Å². The Bertz CT molecular complexity index is 648. The van der Waals surface area contributed by atoms with Crippen LogP contribution in [0.25, 0.3) is 0 Å². The molecular weight excluding hydrogens is 276 g/mol. The summed E-state index contributed by atoms with van der Waals surface area (Å²) in [6, 6.07) is 5.02. The van der Waals surface area contributed by atoms with E-state index < -0.39 is 10.0 Å². The molecule has 5 nitrogen and oxygen atoms in total. The van der Waals surface area contributed by atoms with Crippen LogP contribution in [0.1, 0.15) is 24.0 Å². The molecule has 1 atom stereocenters. The first-order chi connectivity index (χ1) is 9.45. The van der Waals surface area contributed by atoms with Gasteiger partial charge in [0.05, 0.1) is 10.9 Å². The fourth-order valence-electron chi connectivity index (χ4n) is 2.55. The molecule has 1 heterocycles. The lowest BCUT2D eigenvalue weighted by molar-refractivity contribution is 0.316. The minimum atomic E-state index is -3.52.